The Morgan fingerprint density at radius 1 is 1.53 bits per heavy atom. The van der Waals surface area contributed by atoms with E-state index in [-0.39, 0.29) is 5.92 Å². The van der Waals surface area contributed by atoms with Crippen LogP contribution in [-0.2, 0) is 14.3 Å². The van der Waals surface area contributed by atoms with Crippen LogP contribution in [0.1, 0.15) is 19.8 Å². The Balaban J connectivity index is 2.91. The molecule has 0 heterocycles. The Hall–Kier alpha value is -1.32. The summed E-state index contributed by atoms with van der Waals surface area (Å²) in [6.07, 6.45) is 4.94. The second-order valence-corrected chi connectivity index (χ2v) is 3.73. The van der Waals surface area contributed by atoms with Gasteiger partial charge in [-0.05, 0) is 18.8 Å². The normalized spacial score (nSPS) is 29.9. The van der Waals surface area contributed by atoms with E-state index in [1.54, 1.807) is 0 Å². The number of aliphatic carboxylic acids is 1. The third-order valence-corrected chi connectivity index (χ3v) is 2.93. The number of methoxy groups -OCH3 is 1. The largest absolute Gasteiger partial charge is 0.481 e. The number of hydrogen-bond donors (Lipinski definition) is 1. The summed E-state index contributed by atoms with van der Waals surface area (Å²) < 4.78 is 4.63. The van der Waals surface area contributed by atoms with Crippen LogP contribution in [0.3, 0.4) is 0 Å². The van der Waals surface area contributed by atoms with Crippen molar-refractivity contribution in [3.05, 3.63) is 12.2 Å². The predicted octanol–water partition coefficient (Wildman–Crippen LogP) is 1.46. The maximum atomic E-state index is 11.4. The molecule has 1 aliphatic rings. The van der Waals surface area contributed by atoms with E-state index in [2.05, 4.69) is 4.74 Å². The first-order valence-electron chi connectivity index (χ1n) is 5.09. The average Bonchev–Trinajstić information content (AvgIpc) is 2.26. The highest BCUT2D eigenvalue weighted by Crippen LogP contribution is 2.33. The van der Waals surface area contributed by atoms with Gasteiger partial charge in [-0.2, -0.15) is 0 Å². The molecule has 0 fully saturated rings. The van der Waals surface area contributed by atoms with Crippen molar-refractivity contribution in [1.29, 1.82) is 0 Å². The van der Waals surface area contributed by atoms with Gasteiger partial charge < -0.3 is 9.84 Å². The average molecular weight is 212 g/mol. The maximum Gasteiger partial charge on any atom is 0.309 e. The molecule has 84 valence electrons. The fourth-order valence-electron chi connectivity index (χ4n) is 2.10. The van der Waals surface area contributed by atoms with Crippen LogP contribution in [0.5, 0.6) is 0 Å². The lowest BCUT2D eigenvalue weighted by atomic mass is 9.75. The summed E-state index contributed by atoms with van der Waals surface area (Å²) in [6, 6.07) is 0. The highest BCUT2D eigenvalue weighted by molar-refractivity contribution is 5.82. The van der Waals surface area contributed by atoms with E-state index in [9.17, 15) is 9.59 Å². The first-order valence-corrected chi connectivity index (χ1v) is 5.09. The molecule has 0 aliphatic heterocycles. The third kappa shape index (κ3) is 2.37. The van der Waals surface area contributed by atoms with E-state index in [0.717, 1.165) is 6.42 Å². The predicted molar refractivity (Wildman–Crippen MR) is 54.2 cm³/mol. The van der Waals surface area contributed by atoms with Crippen molar-refractivity contribution in [2.45, 2.75) is 19.8 Å². The van der Waals surface area contributed by atoms with Crippen LogP contribution in [0.25, 0.3) is 0 Å². The van der Waals surface area contributed by atoms with Gasteiger partial charge in [0.05, 0.1) is 18.9 Å². The molecule has 0 spiro atoms. The first-order chi connectivity index (χ1) is 7.11. The van der Waals surface area contributed by atoms with E-state index in [1.165, 1.54) is 7.11 Å². The quantitative estimate of drug-likeness (QED) is 0.568. The third-order valence-electron chi connectivity index (χ3n) is 2.93. The van der Waals surface area contributed by atoms with Crippen LogP contribution < -0.4 is 0 Å². The van der Waals surface area contributed by atoms with Crippen LogP contribution in [0.15, 0.2) is 12.2 Å². The first kappa shape index (κ1) is 11.8. The van der Waals surface area contributed by atoms with Gasteiger partial charge in [0, 0.05) is 0 Å². The number of rotatable bonds is 3. The number of carboxylic acids is 1. The van der Waals surface area contributed by atoms with Crippen LogP contribution >= 0.6 is 0 Å². The molecule has 0 saturated heterocycles. The zero-order valence-electron chi connectivity index (χ0n) is 8.97. The van der Waals surface area contributed by atoms with Gasteiger partial charge in [0.1, 0.15) is 0 Å². The second kappa shape index (κ2) is 4.96. The lowest BCUT2D eigenvalue weighted by molar-refractivity contribution is -0.157. The summed E-state index contributed by atoms with van der Waals surface area (Å²) in [5, 5.41) is 9.11. The Morgan fingerprint density at radius 3 is 2.67 bits per heavy atom. The lowest BCUT2D eigenvalue weighted by Gasteiger charge is -2.29. The second-order valence-electron chi connectivity index (χ2n) is 3.73. The van der Waals surface area contributed by atoms with Crippen LogP contribution in [0.4, 0.5) is 0 Å². The molecule has 1 aliphatic carbocycles. The van der Waals surface area contributed by atoms with Crippen LogP contribution in [-0.4, -0.2) is 24.2 Å². The summed E-state index contributed by atoms with van der Waals surface area (Å²) in [6.45, 7) is 1.92. The van der Waals surface area contributed by atoms with E-state index in [0.29, 0.717) is 6.42 Å². The molecule has 4 heteroatoms. The molecule has 0 radical (unpaired) electrons. The fourth-order valence-corrected chi connectivity index (χ4v) is 2.10. The van der Waals surface area contributed by atoms with Crippen LogP contribution in [0, 0.1) is 17.8 Å². The minimum absolute atomic E-state index is 0.0691. The molecule has 3 atom stereocenters. The number of carbonyl (C=O) groups is 2. The summed E-state index contributed by atoms with van der Waals surface area (Å²) in [5.41, 5.74) is 0. The van der Waals surface area contributed by atoms with Crippen molar-refractivity contribution in [2.24, 2.45) is 17.8 Å². The molecular weight excluding hydrogens is 196 g/mol. The van der Waals surface area contributed by atoms with Gasteiger partial charge in [0.2, 0.25) is 0 Å². The minimum Gasteiger partial charge on any atom is -0.481 e. The Labute approximate surface area is 88.9 Å². The fraction of sp³-hybridized carbons (Fsp3) is 0.636. The topological polar surface area (TPSA) is 63.6 Å². The number of allylic oxidation sites excluding steroid dienone is 2. The highest BCUT2D eigenvalue weighted by Gasteiger charge is 2.39. The van der Waals surface area contributed by atoms with Gasteiger partial charge in [-0.25, -0.2) is 0 Å². The molecule has 1 N–H and O–H groups in total. The number of carbonyl (C=O) groups excluding carboxylic acids is 1. The SMILES string of the molecule is CC[C@H]1C=CC[C@@H](C(=O)OC)[C@H]1C(=O)O. The van der Waals surface area contributed by atoms with E-state index < -0.39 is 23.8 Å². The Kier molecular flexibility index (Phi) is 3.88. The van der Waals surface area contributed by atoms with Crippen molar-refractivity contribution in [2.75, 3.05) is 7.11 Å². The van der Waals surface area contributed by atoms with E-state index in [1.807, 2.05) is 19.1 Å². The summed E-state index contributed by atoms with van der Waals surface area (Å²) >= 11 is 0. The van der Waals surface area contributed by atoms with Crippen molar-refractivity contribution >= 4 is 11.9 Å². The molecule has 0 aromatic rings. The molecule has 1 rings (SSSR count). The molecule has 0 aromatic heterocycles. The lowest BCUT2D eigenvalue weighted by Crippen LogP contribution is -2.37. The van der Waals surface area contributed by atoms with Gasteiger partial charge >= 0.3 is 11.9 Å². The standard InChI is InChI=1S/C11H16O4/c1-3-7-5-4-6-8(11(14)15-2)9(7)10(12)13/h4-5,7-9H,3,6H2,1-2H3,(H,12,13)/t7-,8+,9-/m0/s1. The number of hydrogen-bond acceptors (Lipinski definition) is 3. The molecule has 0 saturated carbocycles. The van der Waals surface area contributed by atoms with Gasteiger partial charge in [0.25, 0.3) is 0 Å². The molecule has 0 amide bonds. The van der Waals surface area contributed by atoms with Gasteiger partial charge in [0.15, 0.2) is 0 Å². The molecule has 0 unspecified atom stereocenters. The highest BCUT2D eigenvalue weighted by atomic mass is 16.5. The van der Waals surface area contributed by atoms with E-state index >= 15 is 0 Å². The maximum absolute atomic E-state index is 11.4. The van der Waals surface area contributed by atoms with Crippen molar-refractivity contribution in [3.63, 3.8) is 0 Å². The molecule has 0 bridgehead atoms. The van der Waals surface area contributed by atoms with E-state index in [4.69, 9.17) is 5.11 Å². The molecule has 15 heavy (non-hydrogen) atoms. The zero-order chi connectivity index (χ0) is 11.4. The Bertz CT molecular complexity index is 282. The Morgan fingerprint density at radius 2 is 2.20 bits per heavy atom. The van der Waals surface area contributed by atoms with Gasteiger partial charge in [-0.3, -0.25) is 9.59 Å². The zero-order valence-corrected chi connectivity index (χ0v) is 8.97. The van der Waals surface area contributed by atoms with Crippen molar-refractivity contribution < 1.29 is 19.4 Å². The summed E-state index contributed by atoms with van der Waals surface area (Å²) in [5.74, 6) is -2.60. The molecular formula is C11H16O4. The summed E-state index contributed by atoms with van der Waals surface area (Å²) in [7, 11) is 1.29. The summed E-state index contributed by atoms with van der Waals surface area (Å²) in [4.78, 5) is 22.5. The van der Waals surface area contributed by atoms with Crippen molar-refractivity contribution in [3.8, 4) is 0 Å². The van der Waals surface area contributed by atoms with Crippen LogP contribution in [0.2, 0.25) is 0 Å². The number of carboxylic acid groups (broad SMARTS) is 1. The minimum atomic E-state index is -0.915. The molecule has 4 nitrogen and oxygen atoms in total. The smallest absolute Gasteiger partial charge is 0.309 e. The van der Waals surface area contributed by atoms with Gasteiger partial charge in [-0.1, -0.05) is 19.1 Å². The monoisotopic (exact) mass is 212 g/mol. The molecule has 0 aromatic carbocycles. The number of ether oxygens (including phenoxy) is 1. The van der Waals surface area contributed by atoms with Gasteiger partial charge in [-0.15, -0.1) is 0 Å². The van der Waals surface area contributed by atoms with Crippen molar-refractivity contribution in [1.82, 2.24) is 0 Å². The number of esters is 1.